The molecular weight excluding hydrogens is 422 g/mol. The summed E-state index contributed by atoms with van der Waals surface area (Å²) in [6.45, 7) is 11.0. The van der Waals surface area contributed by atoms with Gasteiger partial charge in [-0.3, -0.25) is 0 Å². The molecule has 1 aromatic carbocycles. The average Bonchev–Trinajstić information content (AvgIpc) is 3.35. The molecule has 1 aromatic heterocycles. The molecule has 0 radical (unpaired) electrons. The predicted octanol–water partition coefficient (Wildman–Crippen LogP) is 5.91. The Kier molecular flexibility index (Phi) is 13.1. The molecule has 2 aromatic rings. The van der Waals surface area contributed by atoms with Gasteiger partial charge in [-0.25, -0.2) is 18.4 Å². The molecule has 3 rings (SSSR count). The summed E-state index contributed by atoms with van der Waals surface area (Å²) in [6, 6.07) is 9.91. The molecule has 182 valence electrons. The van der Waals surface area contributed by atoms with Gasteiger partial charge in [0.25, 0.3) is 0 Å². The molecule has 0 bridgehead atoms. The van der Waals surface area contributed by atoms with E-state index in [1.807, 2.05) is 65.0 Å². The number of halogens is 2. The number of benzene rings is 1. The Hall–Kier alpha value is -2.64. The minimum Gasteiger partial charge on any atom is -0.383 e. The predicted molar refractivity (Wildman–Crippen MR) is 131 cm³/mol. The van der Waals surface area contributed by atoms with Gasteiger partial charge in [-0.15, -0.1) is 0 Å². The summed E-state index contributed by atoms with van der Waals surface area (Å²) in [4.78, 5) is 3.91. The zero-order chi connectivity index (χ0) is 24.7. The lowest BCUT2D eigenvalue weighted by atomic mass is 9.79. The average molecular weight is 461 g/mol. The summed E-state index contributed by atoms with van der Waals surface area (Å²) in [6.07, 6.45) is 7.07. The van der Waals surface area contributed by atoms with Crippen molar-refractivity contribution in [3.63, 3.8) is 0 Å². The lowest BCUT2D eigenvalue weighted by Crippen LogP contribution is -2.47. The van der Waals surface area contributed by atoms with Gasteiger partial charge in [0.1, 0.15) is 29.9 Å². The molecule has 2 atom stereocenters. The second-order valence-corrected chi connectivity index (χ2v) is 7.30. The molecule has 0 spiro atoms. The van der Waals surface area contributed by atoms with Crippen molar-refractivity contribution < 1.29 is 13.9 Å². The van der Waals surface area contributed by atoms with Crippen molar-refractivity contribution >= 4 is 0 Å². The highest BCUT2D eigenvalue weighted by molar-refractivity contribution is 5.37. The molecule has 5 nitrogen and oxygen atoms in total. The summed E-state index contributed by atoms with van der Waals surface area (Å²) in [5.74, 6) is -1.34. The number of rotatable bonds is 8. The molecule has 1 aliphatic rings. The van der Waals surface area contributed by atoms with Gasteiger partial charge in [-0.05, 0) is 24.1 Å². The zero-order valence-electron chi connectivity index (χ0n) is 20.4. The van der Waals surface area contributed by atoms with Crippen LogP contribution in [0.4, 0.5) is 8.78 Å². The Morgan fingerprint density at radius 1 is 1.09 bits per heavy atom. The summed E-state index contributed by atoms with van der Waals surface area (Å²) in [5.41, 5.74) is -0.262. The molecule has 0 fully saturated rings. The SMILES string of the molecule is CC.CC.CC(CNCc1ccccc1)C(O)(Cn1cncn1)/C1=C/C/C=C(/F)CC=C1F. The third-order valence-electron chi connectivity index (χ3n) is 5.17. The van der Waals surface area contributed by atoms with E-state index in [1.165, 1.54) is 29.5 Å². The van der Waals surface area contributed by atoms with Crippen LogP contribution in [0.15, 0.2) is 78.4 Å². The lowest BCUT2D eigenvalue weighted by molar-refractivity contribution is 0.00421. The van der Waals surface area contributed by atoms with Crippen LogP contribution in [0.2, 0.25) is 0 Å². The van der Waals surface area contributed by atoms with Crippen LogP contribution in [0, 0.1) is 5.92 Å². The molecule has 0 amide bonds. The van der Waals surface area contributed by atoms with Gasteiger partial charge in [0.05, 0.1) is 6.54 Å². The third kappa shape index (κ3) is 8.67. The number of hydrogen-bond acceptors (Lipinski definition) is 4. The van der Waals surface area contributed by atoms with Crippen molar-refractivity contribution in [2.45, 2.75) is 66.2 Å². The smallest absolute Gasteiger partial charge is 0.137 e. The molecular formula is C26H38F2N4O. The van der Waals surface area contributed by atoms with Crippen LogP contribution < -0.4 is 5.32 Å². The van der Waals surface area contributed by atoms with Crippen LogP contribution in [-0.2, 0) is 13.1 Å². The van der Waals surface area contributed by atoms with E-state index in [4.69, 9.17) is 0 Å². The van der Waals surface area contributed by atoms with Crippen molar-refractivity contribution in [2.24, 2.45) is 5.92 Å². The number of aliphatic hydroxyl groups is 1. The van der Waals surface area contributed by atoms with Gasteiger partial charge >= 0.3 is 0 Å². The number of nitrogens with one attached hydrogen (secondary N) is 1. The van der Waals surface area contributed by atoms with Crippen molar-refractivity contribution in [3.05, 3.63) is 84.0 Å². The number of nitrogens with zero attached hydrogens (tertiary/aromatic N) is 3. The summed E-state index contributed by atoms with van der Waals surface area (Å²) >= 11 is 0. The fraction of sp³-hybridized carbons (Fsp3) is 0.462. The van der Waals surface area contributed by atoms with E-state index in [0.717, 1.165) is 5.56 Å². The van der Waals surface area contributed by atoms with Crippen molar-refractivity contribution in [1.29, 1.82) is 0 Å². The molecule has 2 N–H and O–H groups in total. The van der Waals surface area contributed by atoms with Crippen molar-refractivity contribution in [3.8, 4) is 0 Å². The van der Waals surface area contributed by atoms with Crippen LogP contribution in [0.3, 0.4) is 0 Å². The van der Waals surface area contributed by atoms with Gasteiger partial charge in [0, 0.05) is 31.0 Å². The van der Waals surface area contributed by atoms with Crippen LogP contribution in [0.5, 0.6) is 0 Å². The highest BCUT2D eigenvalue weighted by Gasteiger charge is 2.40. The van der Waals surface area contributed by atoms with E-state index in [2.05, 4.69) is 15.4 Å². The normalized spacial score (nSPS) is 19.3. The highest BCUT2D eigenvalue weighted by atomic mass is 19.1. The van der Waals surface area contributed by atoms with Crippen molar-refractivity contribution in [2.75, 3.05) is 6.54 Å². The zero-order valence-corrected chi connectivity index (χ0v) is 20.4. The minimum absolute atomic E-state index is 0.0421. The maximum atomic E-state index is 14.9. The first kappa shape index (κ1) is 28.4. The fourth-order valence-electron chi connectivity index (χ4n) is 3.43. The van der Waals surface area contributed by atoms with Gasteiger partial charge < -0.3 is 10.4 Å². The van der Waals surface area contributed by atoms with Crippen LogP contribution in [0.25, 0.3) is 0 Å². The van der Waals surface area contributed by atoms with E-state index < -0.39 is 11.4 Å². The van der Waals surface area contributed by atoms with Gasteiger partial charge in [-0.1, -0.05) is 71.0 Å². The van der Waals surface area contributed by atoms with E-state index >= 15 is 0 Å². The number of aromatic nitrogens is 3. The standard InChI is InChI=1S/C22H26F2N4O.2C2H6/c1-17(12-25-13-18-6-3-2-4-7-18)22(29,14-28-16-26-15-27-28)20-9-5-8-19(23)10-11-21(20)24;2*1-2/h2-4,6-9,11,15-17,25,29H,5,10,12-14H2,1H3;2*1-2H3/b19-8+,20-9+,21-11?;;. The van der Waals surface area contributed by atoms with Gasteiger partial charge in [-0.2, -0.15) is 5.10 Å². The maximum Gasteiger partial charge on any atom is 0.137 e. The van der Waals surface area contributed by atoms with Crippen LogP contribution in [-0.4, -0.2) is 32.0 Å². The first-order valence-electron chi connectivity index (χ1n) is 11.7. The molecule has 1 heterocycles. The van der Waals surface area contributed by atoms with Gasteiger partial charge in [0.15, 0.2) is 0 Å². The number of hydrogen-bond donors (Lipinski definition) is 2. The molecule has 2 unspecified atom stereocenters. The van der Waals surface area contributed by atoms with Gasteiger partial charge in [0.2, 0.25) is 0 Å². The molecule has 0 saturated carbocycles. The second-order valence-electron chi connectivity index (χ2n) is 7.30. The first-order chi connectivity index (χ1) is 16.0. The minimum atomic E-state index is -1.54. The topological polar surface area (TPSA) is 63.0 Å². The third-order valence-corrected chi connectivity index (χ3v) is 5.17. The van der Waals surface area contributed by atoms with E-state index in [0.29, 0.717) is 13.1 Å². The Bertz CT molecular complexity index is 879. The summed E-state index contributed by atoms with van der Waals surface area (Å²) < 4.78 is 29.9. The second kappa shape index (κ2) is 15.2. The summed E-state index contributed by atoms with van der Waals surface area (Å²) in [5, 5.41) is 19.0. The van der Waals surface area contributed by atoms with E-state index in [9.17, 15) is 13.9 Å². The highest BCUT2D eigenvalue weighted by Crippen LogP contribution is 2.35. The van der Waals surface area contributed by atoms with Crippen LogP contribution >= 0.6 is 0 Å². The lowest BCUT2D eigenvalue weighted by Gasteiger charge is -2.36. The number of allylic oxidation sites excluding steroid dienone is 4. The Labute approximate surface area is 196 Å². The monoisotopic (exact) mass is 460 g/mol. The fourth-order valence-corrected chi connectivity index (χ4v) is 3.43. The molecule has 0 saturated heterocycles. The van der Waals surface area contributed by atoms with E-state index in [-0.39, 0.29) is 36.7 Å². The quantitative estimate of drug-likeness (QED) is 0.514. The maximum absolute atomic E-state index is 14.9. The van der Waals surface area contributed by atoms with Crippen molar-refractivity contribution in [1.82, 2.24) is 20.1 Å². The molecule has 0 aliphatic heterocycles. The Balaban J connectivity index is 0.00000129. The van der Waals surface area contributed by atoms with E-state index in [1.54, 1.807) is 6.08 Å². The van der Waals surface area contributed by atoms with Crippen LogP contribution in [0.1, 0.15) is 53.0 Å². The largest absolute Gasteiger partial charge is 0.383 e. The first-order valence-corrected chi connectivity index (χ1v) is 11.7. The molecule has 7 heteroatoms. The Morgan fingerprint density at radius 3 is 2.42 bits per heavy atom. The molecule has 33 heavy (non-hydrogen) atoms. The summed E-state index contributed by atoms with van der Waals surface area (Å²) in [7, 11) is 0. The molecule has 1 aliphatic carbocycles. The Morgan fingerprint density at radius 2 is 1.79 bits per heavy atom.